The molecule has 1 aliphatic heterocycles. The van der Waals surface area contributed by atoms with Crippen LogP contribution in [0.4, 0.5) is 5.69 Å². The number of piperidine rings is 1. The highest BCUT2D eigenvalue weighted by molar-refractivity contribution is 5.84. The minimum absolute atomic E-state index is 0.399. The van der Waals surface area contributed by atoms with Gasteiger partial charge in [-0.05, 0) is 43.4 Å². The van der Waals surface area contributed by atoms with Crippen LogP contribution in [0.1, 0.15) is 24.0 Å². The van der Waals surface area contributed by atoms with Crippen LogP contribution in [0.2, 0.25) is 0 Å². The van der Waals surface area contributed by atoms with Crippen molar-refractivity contribution in [1.82, 2.24) is 15.6 Å². The van der Waals surface area contributed by atoms with Crippen LogP contribution in [0.3, 0.4) is 0 Å². The molecule has 3 aromatic rings. The third kappa shape index (κ3) is 5.53. The highest BCUT2D eigenvalue weighted by Gasteiger charge is 2.21. The van der Waals surface area contributed by atoms with Gasteiger partial charge in [-0.15, -0.1) is 0 Å². The molecule has 1 saturated heterocycles. The summed E-state index contributed by atoms with van der Waals surface area (Å²) < 4.78 is 10.8. The summed E-state index contributed by atoms with van der Waals surface area (Å²) in [7, 11) is 5.21. The van der Waals surface area contributed by atoms with Gasteiger partial charge in [0.15, 0.2) is 5.96 Å². The quantitative estimate of drug-likeness (QED) is 0.377. The number of rotatable bonds is 7. The zero-order valence-electron chi connectivity index (χ0n) is 20.1. The number of H-pyrrole nitrogens is 1. The Bertz CT molecular complexity index is 1080. The summed E-state index contributed by atoms with van der Waals surface area (Å²) in [6, 6.07) is 13.0. The number of aryl methyl sites for hydroxylation is 1. The number of hydrogen-bond acceptors (Lipinski definition) is 4. The molecule has 0 aliphatic carbocycles. The molecular formula is C26H35N5O2. The minimum atomic E-state index is 0.399. The number of nitrogens with one attached hydrogen (secondary N) is 3. The number of methoxy groups -OCH3 is 2. The number of fused-ring (bicyclic) bond motifs is 1. The Morgan fingerprint density at radius 1 is 1.09 bits per heavy atom. The molecule has 33 heavy (non-hydrogen) atoms. The Morgan fingerprint density at radius 2 is 1.82 bits per heavy atom. The summed E-state index contributed by atoms with van der Waals surface area (Å²) in [6.07, 6.45) is 5.15. The third-order valence-electron chi connectivity index (χ3n) is 6.37. The highest BCUT2D eigenvalue weighted by atomic mass is 16.5. The molecule has 0 bridgehead atoms. The predicted molar refractivity (Wildman–Crippen MR) is 136 cm³/mol. The molecule has 0 radical (unpaired) electrons. The average Bonchev–Trinajstić information content (AvgIpc) is 3.25. The van der Waals surface area contributed by atoms with E-state index in [2.05, 4.69) is 69.0 Å². The van der Waals surface area contributed by atoms with E-state index in [1.807, 2.05) is 13.1 Å². The van der Waals surface area contributed by atoms with Crippen molar-refractivity contribution < 1.29 is 9.47 Å². The zero-order chi connectivity index (χ0) is 23.2. The molecular weight excluding hydrogens is 414 g/mol. The average molecular weight is 450 g/mol. The van der Waals surface area contributed by atoms with Gasteiger partial charge in [0.2, 0.25) is 0 Å². The van der Waals surface area contributed by atoms with Gasteiger partial charge in [0, 0.05) is 73.7 Å². The second kappa shape index (κ2) is 10.5. The monoisotopic (exact) mass is 449 g/mol. The van der Waals surface area contributed by atoms with Gasteiger partial charge < -0.3 is 30.0 Å². The molecule has 0 saturated carbocycles. The van der Waals surface area contributed by atoms with Crippen molar-refractivity contribution in [2.45, 2.75) is 32.2 Å². The molecule has 0 spiro atoms. The molecule has 1 aromatic heterocycles. The molecule has 1 aliphatic rings. The summed E-state index contributed by atoms with van der Waals surface area (Å²) in [5, 5.41) is 8.38. The molecule has 4 rings (SSSR count). The first-order chi connectivity index (χ1) is 16.1. The lowest BCUT2D eigenvalue weighted by molar-refractivity contribution is 0.393. The van der Waals surface area contributed by atoms with Gasteiger partial charge >= 0.3 is 0 Å². The number of guanidine groups is 1. The fraction of sp³-hybridized carbons (Fsp3) is 0.423. The number of aromatic amines is 1. The Balaban J connectivity index is 1.27. The minimum Gasteiger partial charge on any atom is -0.497 e. The van der Waals surface area contributed by atoms with E-state index < -0.39 is 0 Å². The van der Waals surface area contributed by atoms with E-state index >= 15 is 0 Å². The van der Waals surface area contributed by atoms with Gasteiger partial charge in [0.1, 0.15) is 11.5 Å². The maximum absolute atomic E-state index is 5.42. The van der Waals surface area contributed by atoms with E-state index in [-0.39, 0.29) is 0 Å². The van der Waals surface area contributed by atoms with Crippen molar-refractivity contribution in [3.8, 4) is 11.5 Å². The Labute approximate surface area is 196 Å². The van der Waals surface area contributed by atoms with Gasteiger partial charge in [-0.2, -0.15) is 0 Å². The van der Waals surface area contributed by atoms with Crippen LogP contribution >= 0.6 is 0 Å². The topological polar surface area (TPSA) is 73.9 Å². The smallest absolute Gasteiger partial charge is 0.191 e. The second-order valence-corrected chi connectivity index (χ2v) is 8.59. The van der Waals surface area contributed by atoms with Gasteiger partial charge in [-0.25, -0.2) is 0 Å². The van der Waals surface area contributed by atoms with Crippen molar-refractivity contribution in [1.29, 1.82) is 0 Å². The van der Waals surface area contributed by atoms with Gasteiger partial charge in [-0.3, -0.25) is 4.99 Å². The van der Waals surface area contributed by atoms with Crippen molar-refractivity contribution >= 4 is 22.5 Å². The summed E-state index contributed by atoms with van der Waals surface area (Å²) >= 11 is 0. The van der Waals surface area contributed by atoms with Crippen molar-refractivity contribution in [3.63, 3.8) is 0 Å². The first-order valence-corrected chi connectivity index (χ1v) is 11.6. The fourth-order valence-electron chi connectivity index (χ4n) is 4.47. The van der Waals surface area contributed by atoms with Crippen LogP contribution in [0.5, 0.6) is 11.5 Å². The second-order valence-electron chi connectivity index (χ2n) is 8.59. The number of aliphatic imine (C=N–C) groups is 1. The Kier molecular flexibility index (Phi) is 7.27. The molecule has 3 N–H and O–H groups in total. The normalized spacial score (nSPS) is 15.0. The fourth-order valence-corrected chi connectivity index (χ4v) is 4.47. The number of ether oxygens (including phenoxy) is 2. The van der Waals surface area contributed by atoms with E-state index in [0.29, 0.717) is 6.04 Å². The summed E-state index contributed by atoms with van der Waals surface area (Å²) in [5.74, 6) is 2.51. The molecule has 7 nitrogen and oxygen atoms in total. The molecule has 7 heteroatoms. The van der Waals surface area contributed by atoms with Gasteiger partial charge in [0.05, 0.1) is 14.2 Å². The molecule has 0 atom stereocenters. The van der Waals surface area contributed by atoms with E-state index in [1.165, 1.54) is 22.0 Å². The van der Waals surface area contributed by atoms with Gasteiger partial charge in [0.25, 0.3) is 0 Å². The SMILES string of the molecule is CN=C(NCCc1c[nH]c2cc(C)ccc12)NC1CCN(c2cc(OC)cc(OC)c2)CC1. The lowest BCUT2D eigenvalue weighted by Gasteiger charge is -2.34. The molecule has 1 fully saturated rings. The largest absolute Gasteiger partial charge is 0.497 e. The van der Waals surface area contributed by atoms with E-state index in [4.69, 9.17) is 9.47 Å². The first kappa shape index (κ1) is 22.8. The highest BCUT2D eigenvalue weighted by Crippen LogP contribution is 2.30. The summed E-state index contributed by atoms with van der Waals surface area (Å²) in [5.41, 5.74) is 4.94. The Morgan fingerprint density at radius 3 is 2.48 bits per heavy atom. The van der Waals surface area contributed by atoms with Crippen LogP contribution in [-0.4, -0.2) is 57.9 Å². The van der Waals surface area contributed by atoms with Crippen LogP contribution in [0.15, 0.2) is 47.6 Å². The predicted octanol–water partition coefficient (Wildman–Crippen LogP) is 3.87. The number of hydrogen-bond donors (Lipinski definition) is 3. The number of nitrogens with zero attached hydrogens (tertiary/aromatic N) is 2. The van der Waals surface area contributed by atoms with Crippen LogP contribution in [0, 0.1) is 6.92 Å². The summed E-state index contributed by atoms with van der Waals surface area (Å²) in [6.45, 7) is 4.90. The number of anilines is 1. The van der Waals surface area contributed by atoms with Gasteiger partial charge in [-0.1, -0.05) is 12.1 Å². The lowest BCUT2D eigenvalue weighted by Crippen LogP contribution is -2.49. The van der Waals surface area contributed by atoms with E-state index in [0.717, 1.165) is 62.0 Å². The molecule has 0 unspecified atom stereocenters. The van der Waals surface area contributed by atoms with Crippen molar-refractivity contribution in [2.24, 2.45) is 4.99 Å². The maximum Gasteiger partial charge on any atom is 0.191 e. The third-order valence-corrected chi connectivity index (χ3v) is 6.37. The van der Waals surface area contributed by atoms with Crippen molar-refractivity contribution in [2.75, 3.05) is 45.8 Å². The maximum atomic E-state index is 5.42. The number of aromatic nitrogens is 1. The van der Waals surface area contributed by atoms with Crippen LogP contribution in [0.25, 0.3) is 10.9 Å². The zero-order valence-corrected chi connectivity index (χ0v) is 20.1. The van der Waals surface area contributed by atoms with Crippen LogP contribution < -0.4 is 25.0 Å². The Hall–Kier alpha value is -3.35. The standard InChI is InChI=1S/C26H35N5O2/c1-18-5-6-24-19(17-29-25(24)13-18)7-10-28-26(27-2)30-20-8-11-31(12-9-20)21-14-22(32-3)16-23(15-21)33-4/h5-6,13-17,20,29H,7-12H2,1-4H3,(H2,27,28,30). The molecule has 0 amide bonds. The molecule has 2 aromatic carbocycles. The van der Waals surface area contributed by atoms with E-state index in [9.17, 15) is 0 Å². The lowest BCUT2D eigenvalue weighted by atomic mass is 10.0. The first-order valence-electron chi connectivity index (χ1n) is 11.6. The van der Waals surface area contributed by atoms with Crippen LogP contribution in [-0.2, 0) is 6.42 Å². The molecule has 2 heterocycles. The number of benzene rings is 2. The summed E-state index contributed by atoms with van der Waals surface area (Å²) in [4.78, 5) is 10.2. The van der Waals surface area contributed by atoms with E-state index in [1.54, 1.807) is 14.2 Å². The molecule has 176 valence electrons. The van der Waals surface area contributed by atoms with Crippen molar-refractivity contribution in [3.05, 3.63) is 53.7 Å².